The van der Waals surface area contributed by atoms with E-state index in [0.29, 0.717) is 23.4 Å². The van der Waals surface area contributed by atoms with Crippen molar-refractivity contribution in [3.05, 3.63) is 71.6 Å². The van der Waals surface area contributed by atoms with E-state index in [1.54, 1.807) is 13.0 Å². The van der Waals surface area contributed by atoms with Gasteiger partial charge < -0.3 is 4.90 Å². The van der Waals surface area contributed by atoms with Gasteiger partial charge in [-0.25, -0.2) is 19.9 Å². The van der Waals surface area contributed by atoms with Gasteiger partial charge in [-0.2, -0.15) is 26.3 Å². The average Bonchev–Trinajstić information content (AvgIpc) is 3.65. The molecule has 1 amide bonds. The summed E-state index contributed by atoms with van der Waals surface area (Å²) in [5.41, 5.74) is -3.08. The van der Waals surface area contributed by atoms with Crippen LogP contribution in [0.1, 0.15) is 53.0 Å². The van der Waals surface area contributed by atoms with Gasteiger partial charge in [-0.3, -0.25) is 4.79 Å². The maximum atomic E-state index is 13.4. The zero-order valence-electron chi connectivity index (χ0n) is 18.3. The lowest BCUT2D eigenvalue weighted by Gasteiger charge is -2.30. The molecular weight excluding hydrogens is 476 g/mol. The third-order valence-electron chi connectivity index (χ3n) is 5.66. The van der Waals surface area contributed by atoms with Crippen molar-refractivity contribution in [2.24, 2.45) is 5.92 Å². The second-order valence-electron chi connectivity index (χ2n) is 8.27. The van der Waals surface area contributed by atoms with Gasteiger partial charge in [0.05, 0.1) is 28.4 Å². The Labute approximate surface area is 196 Å². The Kier molecular flexibility index (Phi) is 6.48. The van der Waals surface area contributed by atoms with Crippen LogP contribution in [0, 0.1) is 5.92 Å². The van der Waals surface area contributed by atoms with Crippen LogP contribution in [-0.2, 0) is 12.4 Å². The predicted molar refractivity (Wildman–Crippen MR) is 112 cm³/mol. The zero-order chi connectivity index (χ0) is 25.4. The monoisotopic (exact) mass is 495 g/mol. The number of hydrogen-bond donors (Lipinski definition) is 0. The lowest BCUT2D eigenvalue weighted by atomic mass is 10.0. The van der Waals surface area contributed by atoms with Crippen LogP contribution in [0.3, 0.4) is 0 Å². The number of aromatic nitrogens is 4. The average molecular weight is 495 g/mol. The molecule has 184 valence electrons. The van der Waals surface area contributed by atoms with Crippen LogP contribution in [0.15, 0.2) is 49.2 Å². The van der Waals surface area contributed by atoms with Gasteiger partial charge >= 0.3 is 12.4 Å². The van der Waals surface area contributed by atoms with Crippen molar-refractivity contribution in [3.8, 4) is 11.4 Å². The molecule has 0 spiro atoms. The molecule has 35 heavy (non-hydrogen) atoms. The van der Waals surface area contributed by atoms with E-state index in [4.69, 9.17) is 0 Å². The minimum Gasteiger partial charge on any atom is -0.330 e. The molecule has 2 heterocycles. The highest BCUT2D eigenvalue weighted by Gasteiger charge is 2.39. The molecular formula is C23H19F6N5O. The molecule has 1 atom stereocenters. The van der Waals surface area contributed by atoms with E-state index in [2.05, 4.69) is 19.9 Å². The molecule has 1 unspecified atom stereocenters. The molecule has 0 aliphatic heterocycles. The summed E-state index contributed by atoms with van der Waals surface area (Å²) in [6, 6.07) is 1.69. The number of alkyl halides is 6. The second kappa shape index (κ2) is 9.23. The van der Waals surface area contributed by atoms with E-state index < -0.39 is 41.0 Å². The Morgan fingerprint density at radius 2 is 1.60 bits per heavy atom. The molecule has 0 saturated heterocycles. The molecule has 2 aromatic heterocycles. The fraction of sp³-hybridized carbons (Fsp3) is 0.348. The Morgan fingerprint density at radius 3 is 2.14 bits per heavy atom. The Balaban J connectivity index is 1.77. The molecule has 1 saturated carbocycles. The minimum absolute atomic E-state index is 0.000701. The van der Waals surface area contributed by atoms with Crippen LogP contribution in [0.2, 0.25) is 0 Å². The van der Waals surface area contributed by atoms with Crippen LogP contribution in [-0.4, -0.2) is 37.3 Å². The maximum absolute atomic E-state index is 13.4. The maximum Gasteiger partial charge on any atom is 0.416 e. The van der Waals surface area contributed by atoms with Gasteiger partial charge in [0.1, 0.15) is 6.33 Å². The molecule has 0 N–H and O–H groups in total. The number of rotatable bonds is 6. The first-order chi connectivity index (χ1) is 16.4. The lowest BCUT2D eigenvalue weighted by Crippen LogP contribution is -2.36. The van der Waals surface area contributed by atoms with Crippen molar-refractivity contribution in [2.75, 3.05) is 6.54 Å². The largest absolute Gasteiger partial charge is 0.416 e. The third kappa shape index (κ3) is 5.57. The number of halogens is 6. The summed E-state index contributed by atoms with van der Waals surface area (Å²) in [6.45, 7) is 1.75. The van der Waals surface area contributed by atoms with Gasteiger partial charge in [-0.1, -0.05) is 0 Å². The minimum atomic E-state index is -5.06. The summed E-state index contributed by atoms with van der Waals surface area (Å²) in [5, 5.41) is 0. The normalized spacial score (nSPS) is 15.1. The first-order valence-electron chi connectivity index (χ1n) is 10.6. The van der Waals surface area contributed by atoms with Crippen LogP contribution >= 0.6 is 0 Å². The first-order valence-corrected chi connectivity index (χ1v) is 10.6. The third-order valence-corrected chi connectivity index (χ3v) is 5.66. The van der Waals surface area contributed by atoms with E-state index in [9.17, 15) is 31.1 Å². The Bertz CT molecular complexity index is 1180. The van der Waals surface area contributed by atoms with Crippen molar-refractivity contribution in [1.29, 1.82) is 0 Å². The number of carbonyl (C=O) groups is 1. The van der Waals surface area contributed by atoms with E-state index in [0.717, 1.165) is 12.8 Å². The molecule has 1 aliphatic rings. The van der Waals surface area contributed by atoms with Gasteiger partial charge in [0.2, 0.25) is 0 Å². The topological polar surface area (TPSA) is 71.9 Å². The van der Waals surface area contributed by atoms with Crippen molar-refractivity contribution in [3.63, 3.8) is 0 Å². The molecule has 1 aliphatic carbocycles. The van der Waals surface area contributed by atoms with Crippen LogP contribution in [0.25, 0.3) is 11.4 Å². The van der Waals surface area contributed by atoms with Gasteiger partial charge in [0.15, 0.2) is 5.82 Å². The Morgan fingerprint density at radius 1 is 1.00 bits per heavy atom. The van der Waals surface area contributed by atoms with Crippen molar-refractivity contribution in [1.82, 2.24) is 24.8 Å². The summed E-state index contributed by atoms with van der Waals surface area (Å²) < 4.78 is 80.2. The smallest absolute Gasteiger partial charge is 0.330 e. The van der Waals surface area contributed by atoms with Crippen LogP contribution in [0.5, 0.6) is 0 Å². The molecule has 3 aromatic rings. The quantitative estimate of drug-likeness (QED) is 0.418. The highest BCUT2D eigenvalue weighted by atomic mass is 19.4. The summed E-state index contributed by atoms with van der Waals surface area (Å²) in [7, 11) is 0. The molecule has 12 heteroatoms. The highest BCUT2D eigenvalue weighted by Crippen LogP contribution is 2.38. The zero-order valence-corrected chi connectivity index (χ0v) is 18.3. The van der Waals surface area contributed by atoms with Gasteiger partial charge in [0, 0.05) is 30.7 Å². The molecule has 6 nitrogen and oxygen atoms in total. The van der Waals surface area contributed by atoms with E-state index in [1.165, 1.54) is 29.8 Å². The molecule has 0 radical (unpaired) electrons. The Hall–Kier alpha value is -3.57. The molecule has 1 fully saturated rings. The first kappa shape index (κ1) is 24.6. The fourth-order valence-electron chi connectivity index (χ4n) is 3.67. The van der Waals surface area contributed by atoms with Gasteiger partial charge in [-0.05, 0) is 49.9 Å². The summed E-state index contributed by atoms with van der Waals surface area (Å²) in [6.07, 6.45) is -2.85. The SMILES string of the molecule is CC(c1ncncc1-c1ncccn1)N(CC1CC1)C(=O)c1cc(C(F)(F)F)cc(C(F)(F)F)c1. The number of carbonyl (C=O) groups excluding carboxylic acids is 1. The molecule has 4 rings (SSSR count). The number of hydrogen-bond acceptors (Lipinski definition) is 5. The van der Waals surface area contributed by atoms with Crippen molar-refractivity contribution < 1.29 is 31.1 Å². The van der Waals surface area contributed by atoms with E-state index >= 15 is 0 Å². The predicted octanol–water partition coefficient (Wildman–Crippen LogP) is 5.58. The molecule has 0 bridgehead atoms. The van der Waals surface area contributed by atoms with Gasteiger partial charge in [-0.15, -0.1) is 0 Å². The summed E-state index contributed by atoms with van der Waals surface area (Å²) >= 11 is 0. The van der Waals surface area contributed by atoms with E-state index in [-0.39, 0.29) is 24.4 Å². The van der Waals surface area contributed by atoms with Gasteiger partial charge in [0.25, 0.3) is 5.91 Å². The summed E-state index contributed by atoms with van der Waals surface area (Å²) in [5.74, 6) is -0.598. The summed E-state index contributed by atoms with van der Waals surface area (Å²) in [4.78, 5) is 31.2. The van der Waals surface area contributed by atoms with E-state index in [1.807, 2.05) is 0 Å². The number of amides is 1. The van der Waals surface area contributed by atoms with Crippen molar-refractivity contribution >= 4 is 5.91 Å². The lowest BCUT2D eigenvalue weighted by molar-refractivity contribution is -0.143. The fourth-order valence-corrected chi connectivity index (χ4v) is 3.67. The van der Waals surface area contributed by atoms with Crippen molar-refractivity contribution in [2.45, 2.75) is 38.2 Å². The molecule has 1 aromatic carbocycles. The second-order valence-corrected chi connectivity index (χ2v) is 8.27. The van der Waals surface area contributed by atoms with Crippen LogP contribution in [0.4, 0.5) is 26.3 Å². The highest BCUT2D eigenvalue weighted by molar-refractivity contribution is 5.95. The number of benzene rings is 1. The van der Waals surface area contributed by atoms with Crippen LogP contribution < -0.4 is 0 Å². The number of nitrogens with zero attached hydrogens (tertiary/aromatic N) is 5. The standard InChI is InChI=1S/C23H19F6N5O/c1-13(19-18(10-30-12-33-19)20-31-5-2-6-32-20)34(11-14-3-4-14)21(35)15-7-16(22(24,25)26)9-17(8-15)23(27,28)29/h2,5-10,12-14H,3-4,11H2,1H3.